The molecule has 5 nitrogen and oxygen atoms in total. The number of carbonyl (C=O) groups is 1. The van der Waals surface area contributed by atoms with Crippen LogP contribution in [0.15, 0.2) is 84.9 Å². The first-order valence-electron chi connectivity index (χ1n) is 10.4. The molecule has 0 fully saturated rings. The highest BCUT2D eigenvalue weighted by Crippen LogP contribution is 2.51. The van der Waals surface area contributed by atoms with Crippen molar-refractivity contribution in [1.82, 2.24) is 0 Å². The minimum atomic E-state index is -3.19. The molecule has 0 aliphatic carbocycles. The highest BCUT2D eigenvalue weighted by molar-refractivity contribution is 7.53. The van der Waals surface area contributed by atoms with Crippen LogP contribution in [0.2, 0.25) is 0 Å². The van der Waals surface area contributed by atoms with Crippen LogP contribution < -0.4 is 4.90 Å². The quantitative estimate of drug-likeness (QED) is 0.349. The number of carbonyl (C=O) groups excluding carboxylic acids is 1. The van der Waals surface area contributed by atoms with E-state index in [0.717, 1.165) is 16.8 Å². The number of benzene rings is 3. The summed E-state index contributed by atoms with van der Waals surface area (Å²) in [5.74, 6) is -0.0978. The average molecular weight is 437 g/mol. The van der Waals surface area contributed by atoms with E-state index in [1.165, 1.54) is 0 Å². The number of rotatable bonds is 10. The molecule has 0 spiro atoms. The van der Waals surface area contributed by atoms with E-state index in [1.807, 2.05) is 72.8 Å². The maximum atomic E-state index is 13.4. The molecule has 0 aliphatic heterocycles. The van der Waals surface area contributed by atoms with Gasteiger partial charge in [0, 0.05) is 11.3 Å². The zero-order valence-corrected chi connectivity index (χ0v) is 18.8. The molecule has 1 amide bonds. The molecule has 3 aromatic rings. The van der Waals surface area contributed by atoms with Gasteiger partial charge in [-0.1, -0.05) is 60.7 Å². The molecule has 0 bridgehead atoms. The maximum Gasteiger partial charge on any atom is 0.335 e. The predicted octanol–water partition coefficient (Wildman–Crippen LogP) is 6.30. The van der Waals surface area contributed by atoms with E-state index in [0.29, 0.717) is 25.3 Å². The molecule has 0 aromatic heterocycles. The molecule has 0 radical (unpaired) electrons. The van der Waals surface area contributed by atoms with Gasteiger partial charge in [-0.3, -0.25) is 9.36 Å². The summed E-state index contributed by atoms with van der Waals surface area (Å²) in [4.78, 5) is 15.1. The maximum absolute atomic E-state index is 13.4. The van der Waals surface area contributed by atoms with Crippen LogP contribution in [0.4, 0.5) is 5.69 Å². The van der Waals surface area contributed by atoms with Gasteiger partial charge in [0.25, 0.3) is 5.91 Å². The summed E-state index contributed by atoms with van der Waals surface area (Å²) in [6.07, 6.45) is 0.176. The third kappa shape index (κ3) is 6.38. The van der Waals surface area contributed by atoms with Crippen molar-refractivity contribution in [3.05, 3.63) is 102 Å². The standard InChI is InChI=1S/C25H28NO4P/c1-3-29-31(28,30-4-2)20-22-15-17-23(18-16-22)25(27)26(24-13-9-6-10-14-24)19-21-11-7-5-8-12-21/h5-18H,3-4,19-20H2,1-2H3. The Kier molecular flexibility index (Phi) is 8.19. The Morgan fingerprint density at radius 3 is 1.87 bits per heavy atom. The lowest BCUT2D eigenvalue weighted by atomic mass is 10.1. The zero-order valence-electron chi connectivity index (χ0n) is 17.9. The summed E-state index contributed by atoms with van der Waals surface area (Å²) in [5.41, 5.74) is 3.24. The summed E-state index contributed by atoms with van der Waals surface area (Å²) in [6.45, 7) is 4.69. The predicted molar refractivity (Wildman–Crippen MR) is 124 cm³/mol. The Bertz CT molecular complexity index is 997. The normalized spacial score (nSPS) is 11.3. The van der Waals surface area contributed by atoms with Crippen LogP contribution in [0.5, 0.6) is 0 Å². The molecule has 0 saturated carbocycles. The van der Waals surface area contributed by atoms with Gasteiger partial charge in [-0.15, -0.1) is 0 Å². The summed E-state index contributed by atoms with van der Waals surface area (Å²) < 4.78 is 23.5. The van der Waals surface area contributed by atoms with Crippen molar-refractivity contribution in [2.45, 2.75) is 26.6 Å². The Hall–Kier alpha value is -2.72. The summed E-state index contributed by atoms with van der Waals surface area (Å²) >= 11 is 0. The van der Waals surface area contributed by atoms with Crippen molar-refractivity contribution in [1.29, 1.82) is 0 Å². The van der Waals surface area contributed by atoms with Crippen molar-refractivity contribution in [2.75, 3.05) is 18.1 Å². The molecule has 0 heterocycles. The Morgan fingerprint density at radius 2 is 1.32 bits per heavy atom. The SMILES string of the molecule is CCOP(=O)(Cc1ccc(C(=O)N(Cc2ccccc2)c2ccccc2)cc1)OCC. The lowest BCUT2D eigenvalue weighted by Crippen LogP contribution is -2.30. The van der Waals surface area contributed by atoms with E-state index in [4.69, 9.17) is 9.05 Å². The first kappa shape index (κ1) is 23.0. The average Bonchev–Trinajstić information content (AvgIpc) is 2.79. The second-order valence-electron chi connectivity index (χ2n) is 7.01. The van der Waals surface area contributed by atoms with Gasteiger partial charge in [0.15, 0.2) is 0 Å². The van der Waals surface area contributed by atoms with Crippen LogP contribution in [0, 0.1) is 0 Å². The van der Waals surface area contributed by atoms with Gasteiger partial charge in [0.2, 0.25) is 0 Å². The molecule has 31 heavy (non-hydrogen) atoms. The van der Waals surface area contributed by atoms with Crippen LogP contribution in [0.25, 0.3) is 0 Å². The molecule has 3 aromatic carbocycles. The summed E-state index contributed by atoms with van der Waals surface area (Å²) in [7, 11) is -3.19. The molecule has 0 N–H and O–H groups in total. The monoisotopic (exact) mass is 437 g/mol. The smallest absolute Gasteiger partial charge is 0.309 e. The van der Waals surface area contributed by atoms with Crippen molar-refractivity contribution >= 4 is 19.2 Å². The number of nitrogens with zero attached hydrogens (tertiary/aromatic N) is 1. The largest absolute Gasteiger partial charge is 0.335 e. The second-order valence-corrected chi connectivity index (χ2v) is 9.07. The molecule has 0 aliphatic rings. The molecular formula is C25H28NO4P. The Morgan fingerprint density at radius 1 is 0.774 bits per heavy atom. The van der Waals surface area contributed by atoms with E-state index in [1.54, 1.807) is 30.9 Å². The zero-order chi connectivity index (χ0) is 22.1. The van der Waals surface area contributed by atoms with Gasteiger partial charge in [-0.25, -0.2) is 0 Å². The third-order valence-electron chi connectivity index (χ3n) is 4.73. The fourth-order valence-corrected chi connectivity index (χ4v) is 5.01. The van der Waals surface area contributed by atoms with Gasteiger partial charge in [-0.05, 0) is 49.2 Å². The summed E-state index contributed by atoms with van der Waals surface area (Å²) in [6, 6.07) is 26.7. The molecular weight excluding hydrogens is 409 g/mol. The van der Waals surface area contributed by atoms with Gasteiger partial charge in [0.1, 0.15) is 0 Å². The van der Waals surface area contributed by atoms with Crippen molar-refractivity contribution in [2.24, 2.45) is 0 Å². The number of hydrogen-bond donors (Lipinski definition) is 0. The number of para-hydroxylation sites is 1. The second kappa shape index (κ2) is 11.1. The first-order chi connectivity index (χ1) is 15.0. The van der Waals surface area contributed by atoms with Crippen molar-refractivity contribution < 1.29 is 18.4 Å². The van der Waals surface area contributed by atoms with E-state index < -0.39 is 7.60 Å². The molecule has 0 unspecified atom stereocenters. The lowest BCUT2D eigenvalue weighted by Gasteiger charge is -2.23. The Balaban J connectivity index is 1.82. The summed E-state index contributed by atoms with van der Waals surface area (Å²) in [5, 5.41) is 0. The van der Waals surface area contributed by atoms with E-state index in [9.17, 15) is 9.36 Å². The highest BCUT2D eigenvalue weighted by Gasteiger charge is 2.24. The number of anilines is 1. The topological polar surface area (TPSA) is 55.8 Å². The number of hydrogen-bond acceptors (Lipinski definition) is 4. The van der Waals surface area contributed by atoms with Gasteiger partial charge < -0.3 is 13.9 Å². The van der Waals surface area contributed by atoms with E-state index in [2.05, 4.69) is 0 Å². The minimum Gasteiger partial charge on any atom is -0.309 e. The molecule has 162 valence electrons. The minimum absolute atomic E-state index is 0.0978. The fourth-order valence-electron chi connectivity index (χ4n) is 3.31. The van der Waals surface area contributed by atoms with Gasteiger partial charge in [0.05, 0.1) is 25.9 Å². The molecule has 0 atom stereocenters. The highest BCUT2D eigenvalue weighted by atomic mass is 31.2. The lowest BCUT2D eigenvalue weighted by molar-refractivity contribution is 0.0985. The third-order valence-corrected chi connectivity index (χ3v) is 6.78. The Labute approximate surface area is 184 Å². The first-order valence-corrected chi connectivity index (χ1v) is 12.2. The van der Waals surface area contributed by atoms with E-state index in [-0.39, 0.29) is 12.1 Å². The van der Waals surface area contributed by atoms with Crippen LogP contribution in [-0.4, -0.2) is 19.1 Å². The number of amides is 1. The van der Waals surface area contributed by atoms with E-state index >= 15 is 0 Å². The van der Waals surface area contributed by atoms with Crippen LogP contribution in [-0.2, 0) is 26.3 Å². The molecule has 3 rings (SSSR count). The van der Waals surface area contributed by atoms with Crippen LogP contribution >= 0.6 is 7.60 Å². The molecule has 6 heteroatoms. The van der Waals surface area contributed by atoms with Crippen molar-refractivity contribution in [3.63, 3.8) is 0 Å². The van der Waals surface area contributed by atoms with Crippen LogP contribution in [0.3, 0.4) is 0 Å². The fraction of sp³-hybridized carbons (Fsp3) is 0.240. The van der Waals surface area contributed by atoms with Gasteiger partial charge in [-0.2, -0.15) is 0 Å². The molecule has 0 saturated heterocycles. The van der Waals surface area contributed by atoms with Crippen LogP contribution in [0.1, 0.15) is 35.3 Å². The van der Waals surface area contributed by atoms with Gasteiger partial charge >= 0.3 is 7.60 Å². The van der Waals surface area contributed by atoms with Crippen molar-refractivity contribution in [3.8, 4) is 0 Å².